The SMILES string of the molecule is Nc1ccc2nnc(CC3CCCCS3)n2c1. The molecule has 0 saturated carbocycles. The zero-order valence-electron chi connectivity index (χ0n) is 9.67. The molecule has 0 aromatic carbocycles. The van der Waals surface area contributed by atoms with Gasteiger partial charge in [-0.1, -0.05) is 6.42 Å². The highest BCUT2D eigenvalue weighted by Crippen LogP contribution is 2.27. The summed E-state index contributed by atoms with van der Waals surface area (Å²) < 4.78 is 2.02. The number of pyridine rings is 1. The van der Waals surface area contributed by atoms with Crippen molar-refractivity contribution in [2.24, 2.45) is 0 Å². The maximum Gasteiger partial charge on any atom is 0.160 e. The number of hydrogen-bond donors (Lipinski definition) is 1. The van der Waals surface area contributed by atoms with E-state index < -0.39 is 0 Å². The molecule has 1 fully saturated rings. The number of nitrogens with zero attached hydrogens (tertiary/aromatic N) is 3. The van der Waals surface area contributed by atoms with Gasteiger partial charge in [-0.25, -0.2) is 0 Å². The first kappa shape index (κ1) is 10.9. The fourth-order valence-corrected chi connectivity index (χ4v) is 3.57. The Morgan fingerprint density at radius 1 is 1.35 bits per heavy atom. The zero-order chi connectivity index (χ0) is 11.7. The molecular weight excluding hydrogens is 232 g/mol. The summed E-state index contributed by atoms with van der Waals surface area (Å²) in [4.78, 5) is 0. The minimum atomic E-state index is 0.692. The van der Waals surface area contributed by atoms with Gasteiger partial charge in [0, 0.05) is 23.6 Å². The number of aromatic nitrogens is 3. The Labute approximate surface area is 105 Å². The summed E-state index contributed by atoms with van der Waals surface area (Å²) in [6, 6.07) is 3.78. The molecule has 90 valence electrons. The van der Waals surface area contributed by atoms with E-state index >= 15 is 0 Å². The fourth-order valence-electron chi connectivity index (χ4n) is 2.27. The lowest BCUT2D eigenvalue weighted by molar-refractivity contribution is 0.645. The second-order valence-electron chi connectivity index (χ2n) is 4.50. The van der Waals surface area contributed by atoms with Crippen LogP contribution in [0.3, 0.4) is 0 Å². The molecule has 2 aromatic heterocycles. The van der Waals surface area contributed by atoms with Crippen LogP contribution in [0.1, 0.15) is 25.1 Å². The maximum absolute atomic E-state index is 5.80. The molecule has 0 amide bonds. The van der Waals surface area contributed by atoms with Gasteiger partial charge in [-0.05, 0) is 30.7 Å². The summed E-state index contributed by atoms with van der Waals surface area (Å²) in [7, 11) is 0. The molecular formula is C12H16N4S. The number of nitrogen functional groups attached to an aromatic ring is 1. The molecule has 0 radical (unpaired) electrons. The number of thioether (sulfide) groups is 1. The topological polar surface area (TPSA) is 56.2 Å². The lowest BCUT2D eigenvalue weighted by atomic mass is 10.1. The third-order valence-corrected chi connectivity index (χ3v) is 4.58. The number of rotatable bonds is 2. The molecule has 0 bridgehead atoms. The molecule has 2 N–H and O–H groups in total. The van der Waals surface area contributed by atoms with Crippen molar-refractivity contribution in [1.29, 1.82) is 0 Å². The highest BCUT2D eigenvalue weighted by Gasteiger charge is 2.17. The third kappa shape index (κ3) is 2.24. The Morgan fingerprint density at radius 2 is 2.29 bits per heavy atom. The van der Waals surface area contributed by atoms with Crippen LogP contribution < -0.4 is 5.73 Å². The van der Waals surface area contributed by atoms with E-state index in [9.17, 15) is 0 Å². The molecule has 5 heteroatoms. The monoisotopic (exact) mass is 248 g/mol. The van der Waals surface area contributed by atoms with Crippen LogP contribution in [0.25, 0.3) is 5.65 Å². The van der Waals surface area contributed by atoms with E-state index in [1.807, 2.05) is 22.7 Å². The van der Waals surface area contributed by atoms with Gasteiger partial charge in [0.2, 0.25) is 0 Å². The zero-order valence-corrected chi connectivity index (χ0v) is 10.5. The van der Waals surface area contributed by atoms with Crippen LogP contribution in [0.5, 0.6) is 0 Å². The molecule has 1 aliphatic rings. The van der Waals surface area contributed by atoms with Crippen molar-refractivity contribution in [2.45, 2.75) is 30.9 Å². The average Bonchev–Trinajstić information content (AvgIpc) is 2.73. The fraction of sp³-hybridized carbons (Fsp3) is 0.500. The molecule has 1 unspecified atom stereocenters. The summed E-state index contributed by atoms with van der Waals surface area (Å²) in [6.45, 7) is 0. The Balaban J connectivity index is 1.86. The maximum atomic E-state index is 5.80. The Bertz CT molecular complexity index is 516. The molecule has 1 saturated heterocycles. The molecule has 3 rings (SSSR count). The van der Waals surface area contributed by atoms with Gasteiger partial charge in [0.05, 0.1) is 0 Å². The van der Waals surface area contributed by atoms with E-state index in [1.165, 1.54) is 25.0 Å². The summed E-state index contributed by atoms with van der Waals surface area (Å²) >= 11 is 2.06. The van der Waals surface area contributed by atoms with Crippen LogP contribution in [-0.2, 0) is 6.42 Å². The van der Waals surface area contributed by atoms with E-state index in [1.54, 1.807) is 0 Å². The predicted octanol–water partition coefficient (Wildman–Crippen LogP) is 2.14. The van der Waals surface area contributed by atoms with Crippen LogP contribution in [-0.4, -0.2) is 25.6 Å². The summed E-state index contributed by atoms with van der Waals surface area (Å²) in [6.07, 6.45) is 6.90. The van der Waals surface area contributed by atoms with Crippen LogP contribution in [0.2, 0.25) is 0 Å². The minimum Gasteiger partial charge on any atom is -0.398 e. The number of fused-ring (bicyclic) bond motifs is 1. The van der Waals surface area contributed by atoms with E-state index in [-0.39, 0.29) is 0 Å². The van der Waals surface area contributed by atoms with Gasteiger partial charge in [-0.2, -0.15) is 11.8 Å². The molecule has 3 heterocycles. The van der Waals surface area contributed by atoms with E-state index in [0.717, 1.165) is 23.6 Å². The van der Waals surface area contributed by atoms with Crippen LogP contribution in [0.15, 0.2) is 18.3 Å². The molecule has 1 atom stereocenters. The van der Waals surface area contributed by atoms with Gasteiger partial charge < -0.3 is 5.73 Å². The molecule has 17 heavy (non-hydrogen) atoms. The molecule has 2 aromatic rings. The van der Waals surface area contributed by atoms with Crippen LogP contribution in [0.4, 0.5) is 5.69 Å². The Kier molecular flexibility index (Phi) is 2.93. The standard InChI is InChI=1S/C12H16N4S/c13-9-4-5-11-14-15-12(16(11)8-9)7-10-3-1-2-6-17-10/h4-5,8,10H,1-3,6-7,13H2. The first-order chi connectivity index (χ1) is 8.33. The van der Waals surface area contributed by atoms with E-state index in [0.29, 0.717) is 5.25 Å². The highest BCUT2D eigenvalue weighted by molar-refractivity contribution is 7.99. The lowest BCUT2D eigenvalue weighted by Gasteiger charge is -2.20. The first-order valence-corrected chi connectivity index (χ1v) is 7.08. The van der Waals surface area contributed by atoms with Crippen molar-refractivity contribution in [3.63, 3.8) is 0 Å². The van der Waals surface area contributed by atoms with Gasteiger partial charge in [0.25, 0.3) is 0 Å². The van der Waals surface area contributed by atoms with Gasteiger partial charge >= 0.3 is 0 Å². The molecule has 1 aliphatic heterocycles. The first-order valence-electron chi connectivity index (χ1n) is 6.04. The summed E-state index contributed by atoms with van der Waals surface area (Å²) in [5.74, 6) is 2.32. The second-order valence-corrected chi connectivity index (χ2v) is 5.91. The van der Waals surface area contributed by atoms with Crippen molar-refractivity contribution >= 4 is 23.1 Å². The van der Waals surface area contributed by atoms with E-state index in [2.05, 4.69) is 22.0 Å². The van der Waals surface area contributed by atoms with Gasteiger partial charge in [0.1, 0.15) is 5.82 Å². The van der Waals surface area contributed by atoms with E-state index in [4.69, 9.17) is 5.73 Å². The lowest BCUT2D eigenvalue weighted by Crippen LogP contribution is -2.14. The highest BCUT2D eigenvalue weighted by atomic mass is 32.2. The smallest absolute Gasteiger partial charge is 0.160 e. The van der Waals surface area contributed by atoms with Gasteiger partial charge in [-0.15, -0.1) is 10.2 Å². The molecule has 0 spiro atoms. The quantitative estimate of drug-likeness (QED) is 0.884. The molecule has 4 nitrogen and oxygen atoms in total. The van der Waals surface area contributed by atoms with Crippen molar-refractivity contribution in [2.75, 3.05) is 11.5 Å². The Hall–Kier alpha value is -1.23. The van der Waals surface area contributed by atoms with Crippen molar-refractivity contribution in [3.8, 4) is 0 Å². The third-order valence-electron chi connectivity index (χ3n) is 3.18. The predicted molar refractivity (Wildman–Crippen MR) is 71.2 cm³/mol. The number of hydrogen-bond acceptors (Lipinski definition) is 4. The average molecular weight is 248 g/mol. The second kappa shape index (κ2) is 4.56. The van der Waals surface area contributed by atoms with Crippen molar-refractivity contribution < 1.29 is 0 Å². The molecule has 0 aliphatic carbocycles. The normalized spacial score (nSPS) is 20.8. The van der Waals surface area contributed by atoms with Crippen LogP contribution >= 0.6 is 11.8 Å². The van der Waals surface area contributed by atoms with Crippen LogP contribution in [0, 0.1) is 0 Å². The summed E-state index contributed by atoms with van der Waals surface area (Å²) in [5.41, 5.74) is 7.45. The van der Waals surface area contributed by atoms with Gasteiger partial charge in [0.15, 0.2) is 5.65 Å². The Morgan fingerprint density at radius 3 is 3.12 bits per heavy atom. The largest absolute Gasteiger partial charge is 0.398 e. The number of anilines is 1. The van der Waals surface area contributed by atoms with Crippen molar-refractivity contribution in [1.82, 2.24) is 14.6 Å². The number of nitrogens with two attached hydrogens (primary N) is 1. The van der Waals surface area contributed by atoms with Crippen molar-refractivity contribution in [3.05, 3.63) is 24.2 Å². The minimum absolute atomic E-state index is 0.692. The van der Waals surface area contributed by atoms with Gasteiger partial charge in [-0.3, -0.25) is 4.40 Å². The summed E-state index contributed by atoms with van der Waals surface area (Å²) in [5, 5.41) is 9.14.